The first-order valence-electron chi connectivity index (χ1n) is 7.99. The molecule has 0 aliphatic rings. The van der Waals surface area contributed by atoms with E-state index in [4.69, 9.17) is 4.74 Å². The Morgan fingerprint density at radius 3 is 2.54 bits per heavy atom. The smallest absolute Gasteiger partial charge is 0.343 e. The standard InChI is InChI=1S/C18H25N3O3/c1-13-9-20-21(11-13)6-5-19-10-16-7-14(2)18(15(3)8-16)24-12-17(22)23-4/h7-9,11,19H,5-6,10,12H2,1-4H3. The first kappa shape index (κ1) is 18.0. The zero-order valence-corrected chi connectivity index (χ0v) is 14.8. The molecule has 2 rings (SSSR count). The molecule has 0 radical (unpaired) electrons. The van der Waals surface area contributed by atoms with E-state index in [0.29, 0.717) is 0 Å². The first-order chi connectivity index (χ1) is 11.5. The molecule has 0 aliphatic carbocycles. The fourth-order valence-electron chi connectivity index (χ4n) is 2.58. The SMILES string of the molecule is COC(=O)COc1c(C)cc(CNCCn2cc(C)cn2)cc1C. The number of nitrogens with zero attached hydrogens (tertiary/aromatic N) is 2. The van der Waals surface area contributed by atoms with Crippen molar-refractivity contribution in [3.05, 3.63) is 46.8 Å². The Balaban J connectivity index is 1.86. The number of hydrogen-bond donors (Lipinski definition) is 1. The van der Waals surface area contributed by atoms with Crippen LogP contribution in [-0.2, 0) is 22.6 Å². The maximum absolute atomic E-state index is 11.2. The zero-order chi connectivity index (χ0) is 17.5. The summed E-state index contributed by atoms with van der Waals surface area (Å²) in [4.78, 5) is 11.2. The predicted octanol–water partition coefficient (Wildman–Crippen LogP) is 2.15. The number of esters is 1. The highest BCUT2D eigenvalue weighted by molar-refractivity contribution is 5.71. The van der Waals surface area contributed by atoms with Crippen LogP contribution in [0.5, 0.6) is 5.75 Å². The first-order valence-corrected chi connectivity index (χ1v) is 7.99. The largest absolute Gasteiger partial charge is 0.481 e. The van der Waals surface area contributed by atoms with Crippen LogP contribution in [-0.4, -0.2) is 36.0 Å². The van der Waals surface area contributed by atoms with E-state index >= 15 is 0 Å². The fraction of sp³-hybridized carbons (Fsp3) is 0.444. The quantitative estimate of drug-likeness (QED) is 0.593. The van der Waals surface area contributed by atoms with Gasteiger partial charge in [0.1, 0.15) is 5.75 Å². The van der Waals surface area contributed by atoms with E-state index in [-0.39, 0.29) is 12.6 Å². The van der Waals surface area contributed by atoms with Crippen LogP contribution in [0.1, 0.15) is 22.3 Å². The average Bonchev–Trinajstić information content (AvgIpc) is 2.96. The maximum atomic E-state index is 11.2. The van der Waals surface area contributed by atoms with Crippen LogP contribution < -0.4 is 10.1 Å². The second kappa shape index (κ2) is 8.49. The monoisotopic (exact) mass is 331 g/mol. The Morgan fingerprint density at radius 2 is 1.96 bits per heavy atom. The van der Waals surface area contributed by atoms with E-state index < -0.39 is 0 Å². The molecule has 0 spiro atoms. The summed E-state index contributed by atoms with van der Waals surface area (Å²) >= 11 is 0. The highest BCUT2D eigenvalue weighted by atomic mass is 16.6. The van der Waals surface area contributed by atoms with Crippen molar-refractivity contribution in [1.82, 2.24) is 15.1 Å². The van der Waals surface area contributed by atoms with Gasteiger partial charge in [0, 0.05) is 19.3 Å². The zero-order valence-electron chi connectivity index (χ0n) is 14.8. The topological polar surface area (TPSA) is 65.4 Å². The lowest BCUT2D eigenvalue weighted by atomic mass is 10.1. The van der Waals surface area contributed by atoms with E-state index in [1.165, 1.54) is 18.2 Å². The van der Waals surface area contributed by atoms with Crippen LogP contribution in [0.3, 0.4) is 0 Å². The van der Waals surface area contributed by atoms with E-state index in [0.717, 1.165) is 36.5 Å². The lowest BCUT2D eigenvalue weighted by molar-refractivity contribution is -0.142. The van der Waals surface area contributed by atoms with Gasteiger partial charge in [-0.15, -0.1) is 0 Å². The molecule has 1 aromatic heterocycles. The number of ether oxygens (including phenoxy) is 2. The van der Waals surface area contributed by atoms with Gasteiger partial charge in [0.05, 0.1) is 19.9 Å². The molecule has 0 unspecified atom stereocenters. The molecule has 6 nitrogen and oxygen atoms in total. The maximum Gasteiger partial charge on any atom is 0.343 e. The van der Waals surface area contributed by atoms with E-state index in [9.17, 15) is 4.79 Å². The van der Waals surface area contributed by atoms with Crippen LogP contribution in [0, 0.1) is 20.8 Å². The van der Waals surface area contributed by atoms with Crippen molar-refractivity contribution in [2.24, 2.45) is 0 Å². The van der Waals surface area contributed by atoms with Crippen LogP contribution >= 0.6 is 0 Å². The summed E-state index contributed by atoms with van der Waals surface area (Å²) in [7, 11) is 1.35. The molecule has 130 valence electrons. The molecule has 0 amide bonds. The van der Waals surface area contributed by atoms with Crippen molar-refractivity contribution < 1.29 is 14.3 Å². The summed E-state index contributed by atoms with van der Waals surface area (Å²) in [6.07, 6.45) is 3.89. The van der Waals surface area contributed by atoms with Gasteiger partial charge in [0.25, 0.3) is 0 Å². The molecule has 0 bridgehead atoms. The van der Waals surface area contributed by atoms with Crippen molar-refractivity contribution in [2.45, 2.75) is 33.9 Å². The Morgan fingerprint density at radius 1 is 1.25 bits per heavy atom. The number of carbonyl (C=O) groups excluding carboxylic acids is 1. The molecule has 0 fully saturated rings. The van der Waals surface area contributed by atoms with Gasteiger partial charge in [-0.3, -0.25) is 4.68 Å². The molecule has 2 aromatic rings. The summed E-state index contributed by atoms with van der Waals surface area (Å²) in [6, 6.07) is 4.15. The number of hydrogen-bond acceptors (Lipinski definition) is 5. The van der Waals surface area contributed by atoms with Crippen molar-refractivity contribution in [1.29, 1.82) is 0 Å². The van der Waals surface area contributed by atoms with Gasteiger partial charge in [-0.1, -0.05) is 12.1 Å². The molecule has 0 aliphatic heterocycles. The minimum atomic E-state index is -0.381. The van der Waals surface area contributed by atoms with Gasteiger partial charge in [0.2, 0.25) is 0 Å². The number of rotatable bonds is 8. The minimum Gasteiger partial charge on any atom is -0.481 e. The van der Waals surface area contributed by atoms with Gasteiger partial charge >= 0.3 is 5.97 Å². The molecule has 6 heteroatoms. The third-order valence-electron chi connectivity index (χ3n) is 3.69. The normalized spacial score (nSPS) is 10.7. The van der Waals surface area contributed by atoms with E-state index in [2.05, 4.69) is 27.3 Å². The lowest BCUT2D eigenvalue weighted by Gasteiger charge is -2.14. The van der Waals surface area contributed by atoms with Gasteiger partial charge in [-0.25, -0.2) is 4.79 Å². The van der Waals surface area contributed by atoms with Crippen molar-refractivity contribution in [3.63, 3.8) is 0 Å². The highest BCUT2D eigenvalue weighted by Gasteiger charge is 2.09. The molecule has 1 N–H and O–H groups in total. The summed E-state index contributed by atoms with van der Waals surface area (Å²) in [6.45, 7) is 8.39. The molecule has 0 atom stereocenters. The number of aromatic nitrogens is 2. The molecular formula is C18H25N3O3. The molecule has 0 saturated carbocycles. The summed E-state index contributed by atoms with van der Waals surface area (Å²) in [5, 5.41) is 7.68. The fourth-order valence-corrected chi connectivity index (χ4v) is 2.58. The van der Waals surface area contributed by atoms with Crippen molar-refractivity contribution >= 4 is 5.97 Å². The van der Waals surface area contributed by atoms with E-state index in [1.807, 2.05) is 37.8 Å². The Kier molecular flexibility index (Phi) is 6.37. The number of carbonyl (C=O) groups is 1. The van der Waals surface area contributed by atoms with Crippen LogP contribution in [0.2, 0.25) is 0 Å². The third kappa shape index (κ3) is 5.09. The number of benzene rings is 1. The molecule has 0 saturated heterocycles. The van der Waals surface area contributed by atoms with Gasteiger partial charge in [-0.05, 0) is 43.0 Å². The lowest BCUT2D eigenvalue weighted by Crippen LogP contribution is -2.20. The molecular weight excluding hydrogens is 306 g/mol. The van der Waals surface area contributed by atoms with Gasteiger partial charge in [-0.2, -0.15) is 5.10 Å². The third-order valence-corrected chi connectivity index (χ3v) is 3.69. The summed E-state index contributed by atoms with van der Waals surface area (Å²) in [5.74, 6) is 0.365. The molecule has 1 aromatic carbocycles. The van der Waals surface area contributed by atoms with Crippen LogP contribution in [0.4, 0.5) is 0 Å². The Hall–Kier alpha value is -2.34. The van der Waals surface area contributed by atoms with Gasteiger partial charge in [0.15, 0.2) is 6.61 Å². The molecule has 24 heavy (non-hydrogen) atoms. The number of nitrogens with one attached hydrogen (secondary N) is 1. The van der Waals surface area contributed by atoms with Crippen molar-refractivity contribution in [2.75, 3.05) is 20.3 Å². The summed E-state index contributed by atoms with van der Waals surface area (Å²) in [5.41, 5.74) is 4.38. The second-order valence-electron chi connectivity index (χ2n) is 5.88. The average molecular weight is 331 g/mol. The van der Waals surface area contributed by atoms with Crippen LogP contribution in [0.25, 0.3) is 0 Å². The highest BCUT2D eigenvalue weighted by Crippen LogP contribution is 2.24. The number of methoxy groups -OCH3 is 1. The Labute approximate surface area is 142 Å². The predicted molar refractivity (Wildman–Crippen MR) is 92.1 cm³/mol. The van der Waals surface area contributed by atoms with Crippen molar-refractivity contribution in [3.8, 4) is 5.75 Å². The Bertz CT molecular complexity index is 672. The minimum absolute atomic E-state index is 0.0704. The van der Waals surface area contributed by atoms with E-state index in [1.54, 1.807) is 0 Å². The van der Waals surface area contributed by atoms with Crippen LogP contribution in [0.15, 0.2) is 24.5 Å². The second-order valence-corrected chi connectivity index (χ2v) is 5.88. The summed E-state index contributed by atoms with van der Waals surface area (Å²) < 4.78 is 12.1. The molecule has 1 heterocycles. The number of aryl methyl sites for hydroxylation is 3. The van der Waals surface area contributed by atoms with Gasteiger partial charge < -0.3 is 14.8 Å².